The minimum absolute atomic E-state index is 0.552. The van der Waals surface area contributed by atoms with Crippen LogP contribution in [0.15, 0.2) is 24.3 Å². The molecule has 1 aromatic heterocycles. The highest BCUT2D eigenvalue weighted by Crippen LogP contribution is 2.40. The topological polar surface area (TPSA) is 49.8 Å². The van der Waals surface area contributed by atoms with E-state index in [4.69, 9.17) is 11.6 Å². The Bertz CT molecular complexity index is 708. The summed E-state index contributed by atoms with van der Waals surface area (Å²) in [7, 11) is 0. The lowest BCUT2D eigenvalue weighted by molar-refractivity contribution is 0.968. The zero-order chi connectivity index (χ0) is 15.1. The van der Waals surface area contributed by atoms with Crippen LogP contribution in [0.5, 0.6) is 0 Å². The summed E-state index contributed by atoms with van der Waals surface area (Å²) in [6, 6.07) is 8.58. The van der Waals surface area contributed by atoms with Crippen LogP contribution in [0.1, 0.15) is 42.9 Å². The van der Waals surface area contributed by atoms with Gasteiger partial charge in [-0.05, 0) is 50.3 Å². The molecule has 0 bridgehead atoms. The molecule has 0 radical (unpaired) electrons. The number of benzene rings is 1. The van der Waals surface area contributed by atoms with Crippen LogP contribution < -0.4 is 10.6 Å². The summed E-state index contributed by atoms with van der Waals surface area (Å²) in [5, 5.41) is 7.51. The maximum absolute atomic E-state index is 6.20. The van der Waals surface area contributed by atoms with E-state index in [1.165, 1.54) is 25.7 Å². The van der Waals surface area contributed by atoms with E-state index in [1.54, 1.807) is 0 Å². The molecule has 0 atom stereocenters. The molecular formula is C17H19ClN4. The van der Waals surface area contributed by atoms with Gasteiger partial charge < -0.3 is 10.6 Å². The second-order valence-electron chi connectivity index (χ2n) is 6.28. The largest absolute Gasteiger partial charge is 0.351 e. The number of halogens is 1. The molecule has 22 heavy (non-hydrogen) atoms. The molecule has 2 aromatic rings. The fourth-order valence-corrected chi connectivity index (χ4v) is 2.59. The molecule has 1 aromatic carbocycles. The fraction of sp³-hybridized carbons (Fsp3) is 0.412. The Balaban J connectivity index is 1.61. The molecule has 0 aliphatic heterocycles. The van der Waals surface area contributed by atoms with Gasteiger partial charge in [0, 0.05) is 28.7 Å². The van der Waals surface area contributed by atoms with Crippen LogP contribution in [-0.2, 0) is 0 Å². The monoisotopic (exact) mass is 314 g/mol. The standard InChI is InChI=1S/C17H19ClN4/c1-10-2-5-13(8-14(10)18)19-16-9-15(11-3-4-11)21-17(22-16)20-12-6-7-12/h2,5,8-9,11-12H,3-4,6-7H2,1H3,(H2,19,20,21,22). The summed E-state index contributed by atoms with van der Waals surface area (Å²) in [4.78, 5) is 9.26. The molecule has 4 rings (SSSR count). The van der Waals surface area contributed by atoms with Crippen LogP contribution >= 0.6 is 11.6 Å². The van der Waals surface area contributed by atoms with Crippen LogP contribution in [0.2, 0.25) is 5.02 Å². The summed E-state index contributed by atoms with van der Waals surface area (Å²) in [6.45, 7) is 2.00. The van der Waals surface area contributed by atoms with Gasteiger partial charge in [-0.25, -0.2) is 4.98 Å². The van der Waals surface area contributed by atoms with E-state index in [0.29, 0.717) is 12.0 Å². The predicted octanol–water partition coefficient (Wildman–Crippen LogP) is 4.63. The third-order valence-electron chi connectivity index (χ3n) is 4.10. The minimum Gasteiger partial charge on any atom is -0.351 e. The van der Waals surface area contributed by atoms with Gasteiger partial charge in [0.05, 0.1) is 5.69 Å². The van der Waals surface area contributed by atoms with Crippen molar-refractivity contribution in [1.82, 2.24) is 9.97 Å². The summed E-state index contributed by atoms with van der Waals surface area (Å²) in [5.74, 6) is 2.18. The number of hydrogen-bond donors (Lipinski definition) is 2. The van der Waals surface area contributed by atoms with E-state index in [2.05, 4.69) is 26.7 Å². The van der Waals surface area contributed by atoms with E-state index in [0.717, 1.165) is 33.7 Å². The molecule has 4 nitrogen and oxygen atoms in total. The van der Waals surface area contributed by atoms with Gasteiger partial charge in [0.1, 0.15) is 5.82 Å². The maximum atomic E-state index is 6.20. The summed E-state index contributed by atoms with van der Waals surface area (Å²) in [6.07, 6.45) is 4.89. The molecule has 2 fully saturated rings. The van der Waals surface area contributed by atoms with E-state index < -0.39 is 0 Å². The van der Waals surface area contributed by atoms with Gasteiger partial charge in [0.15, 0.2) is 0 Å². The minimum atomic E-state index is 0.552. The van der Waals surface area contributed by atoms with Crippen molar-refractivity contribution in [2.45, 2.75) is 44.6 Å². The van der Waals surface area contributed by atoms with Gasteiger partial charge in [-0.3, -0.25) is 0 Å². The average Bonchev–Trinajstić information content (AvgIpc) is 3.35. The molecule has 2 aliphatic carbocycles. The zero-order valence-electron chi connectivity index (χ0n) is 12.6. The number of nitrogens with one attached hydrogen (secondary N) is 2. The molecule has 2 aliphatic rings. The van der Waals surface area contributed by atoms with Crippen molar-refractivity contribution in [1.29, 1.82) is 0 Å². The number of rotatable bonds is 5. The first-order chi connectivity index (χ1) is 10.7. The van der Waals surface area contributed by atoms with Crippen LogP contribution in [-0.4, -0.2) is 16.0 Å². The number of hydrogen-bond acceptors (Lipinski definition) is 4. The molecule has 5 heteroatoms. The van der Waals surface area contributed by atoms with Crippen LogP contribution in [0.25, 0.3) is 0 Å². The highest BCUT2D eigenvalue weighted by molar-refractivity contribution is 6.31. The predicted molar refractivity (Wildman–Crippen MR) is 90.1 cm³/mol. The van der Waals surface area contributed by atoms with Gasteiger partial charge in [-0.15, -0.1) is 0 Å². The van der Waals surface area contributed by atoms with Gasteiger partial charge in [0.25, 0.3) is 0 Å². The lowest BCUT2D eigenvalue weighted by Crippen LogP contribution is -2.08. The molecule has 1 heterocycles. The Kier molecular flexibility index (Phi) is 3.41. The number of aryl methyl sites for hydroxylation is 1. The zero-order valence-corrected chi connectivity index (χ0v) is 13.3. The molecule has 0 unspecified atom stereocenters. The summed E-state index contributed by atoms with van der Waals surface area (Å²) < 4.78 is 0. The van der Waals surface area contributed by atoms with Gasteiger partial charge >= 0.3 is 0 Å². The molecule has 0 spiro atoms. The Morgan fingerprint density at radius 2 is 1.91 bits per heavy atom. The number of aromatic nitrogens is 2. The Labute approximate surface area is 135 Å². The van der Waals surface area contributed by atoms with Crippen molar-refractivity contribution in [3.05, 3.63) is 40.5 Å². The quantitative estimate of drug-likeness (QED) is 0.844. The lowest BCUT2D eigenvalue weighted by Gasteiger charge is -2.11. The van der Waals surface area contributed by atoms with Crippen molar-refractivity contribution >= 4 is 29.1 Å². The van der Waals surface area contributed by atoms with E-state index in [-0.39, 0.29) is 0 Å². The third-order valence-corrected chi connectivity index (χ3v) is 4.50. The van der Waals surface area contributed by atoms with E-state index >= 15 is 0 Å². The second-order valence-corrected chi connectivity index (χ2v) is 6.69. The smallest absolute Gasteiger partial charge is 0.225 e. The first-order valence-electron chi connectivity index (χ1n) is 7.86. The summed E-state index contributed by atoms with van der Waals surface area (Å²) in [5.41, 5.74) is 3.16. The number of anilines is 3. The maximum Gasteiger partial charge on any atom is 0.225 e. The fourth-order valence-electron chi connectivity index (χ4n) is 2.41. The van der Waals surface area contributed by atoms with Crippen LogP contribution in [0, 0.1) is 6.92 Å². The van der Waals surface area contributed by atoms with Crippen molar-refractivity contribution in [2.75, 3.05) is 10.6 Å². The van der Waals surface area contributed by atoms with Crippen molar-refractivity contribution in [2.24, 2.45) is 0 Å². The van der Waals surface area contributed by atoms with Gasteiger partial charge in [-0.2, -0.15) is 4.98 Å². The SMILES string of the molecule is Cc1ccc(Nc2cc(C3CC3)nc(NC3CC3)n2)cc1Cl. The first kappa shape index (κ1) is 13.8. The van der Waals surface area contributed by atoms with Crippen molar-refractivity contribution in [3.8, 4) is 0 Å². The normalized spacial score (nSPS) is 17.4. The Hall–Kier alpha value is -1.81. The molecular weight excluding hydrogens is 296 g/mol. The van der Waals surface area contributed by atoms with Crippen LogP contribution in [0.3, 0.4) is 0 Å². The van der Waals surface area contributed by atoms with E-state index in [1.807, 2.05) is 25.1 Å². The average molecular weight is 315 g/mol. The summed E-state index contributed by atoms with van der Waals surface area (Å²) >= 11 is 6.20. The first-order valence-corrected chi connectivity index (χ1v) is 8.24. The lowest BCUT2D eigenvalue weighted by atomic mass is 10.2. The second kappa shape index (κ2) is 5.43. The Morgan fingerprint density at radius 1 is 1.09 bits per heavy atom. The third kappa shape index (κ3) is 3.17. The van der Waals surface area contributed by atoms with Crippen molar-refractivity contribution < 1.29 is 0 Å². The van der Waals surface area contributed by atoms with Crippen molar-refractivity contribution in [3.63, 3.8) is 0 Å². The van der Waals surface area contributed by atoms with Crippen LogP contribution in [0.4, 0.5) is 17.5 Å². The molecule has 0 saturated heterocycles. The molecule has 2 saturated carbocycles. The van der Waals surface area contributed by atoms with Gasteiger partial charge in [-0.1, -0.05) is 17.7 Å². The van der Waals surface area contributed by atoms with Gasteiger partial charge in [0.2, 0.25) is 5.95 Å². The molecule has 114 valence electrons. The number of nitrogens with zero attached hydrogens (tertiary/aromatic N) is 2. The van der Waals surface area contributed by atoms with E-state index in [9.17, 15) is 0 Å². The highest BCUT2D eigenvalue weighted by Gasteiger charge is 2.27. The molecule has 0 amide bonds. The molecule has 2 N–H and O–H groups in total. The highest BCUT2D eigenvalue weighted by atomic mass is 35.5. The Morgan fingerprint density at radius 3 is 2.59 bits per heavy atom.